The highest BCUT2D eigenvalue weighted by Gasteiger charge is 2.28. The van der Waals surface area contributed by atoms with Crippen molar-refractivity contribution in [1.29, 1.82) is 0 Å². The molecule has 5 nitrogen and oxygen atoms in total. The normalized spacial score (nSPS) is 17.4. The minimum Gasteiger partial charge on any atom is -0.481 e. The van der Waals surface area contributed by atoms with Crippen molar-refractivity contribution in [2.45, 2.75) is 52.5 Å². The van der Waals surface area contributed by atoms with Gasteiger partial charge in [-0.25, -0.2) is 0 Å². The molecule has 0 heterocycles. The maximum atomic E-state index is 12.3. The Hall–Kier alpha value is -1.10. The Morgan fingerprint density at radius 3 is 2.20 bits per heavy atom. The van der Waals surface area contributed by atoms with Gasteiger partial charge in [0.05, 0.1) is 12.5 Å². The number of aliphatic carboxylic acids is 1. The summed E-state index contributed by atoms with van der Waals surface area (Å²) in [6.07, 6.45) is 4.53. The molecule has 0 saturated heterocycles. The molecule has 116 valence electrons. The predicted molar refractivity (Wildman–Crippen MR) is 78.6 cm³/mol. The molecule has 1 fully saturated rings. The second kappa shape index (κ2) is 8.25. The average Bonchev–Trinajstić information content (AvgIpc) is 2.92. The Bertz CT molecular complexity index is 323. The van der Waals surface area contributed by atoms with Crippen LogP contribution in [0.3, 0.4) is 0 Å². The van der Waals surface area contributed by atoms with Crippen LogP contribution in [0, 0.1) is 5.92 Å². The van der Waals surface area contributed by atoms with Crippen LogP contribution >= 0.6 is 0 Å². The zero-order valence-corrected chi connectivity index (χ0v) is 13.0. The van der Waals surface area contributed by atoms with Crippen LogP contribution in [0.4, 0.5) is 0 Å². The molecular formula is C15H28N2O3. The molecule has 0 aromatic heterocycles. The van der Waals surface area contributed by atoms with Crippen molar-refractivity contribution in [2.24, 2.45) is 5.92 Å². The van der Waals surface area contributed by atoms with Crippen molar-refractivity contribution in [3.63, 3.8) is 0 Å². The maximum absolute atomic E-state index is 12.3. The lowest BCUT2D eigenvalue weighted by molar-refractivity contribution is -0.143. The second-order valence-electron chi connectivity index (χ2n) is 5.67. The molecule has 1 aliphatic carbocycles. The van der Waals surface area contributed by atoms with Gasteiger partial charge in [0.1, 0.15) is 0 Å². The number of amides is 1. The predicted octanol–water partition coefficient (Wildman–Crippen LogP) is 1.82. The van der Waals surface area contributed by atoms with Crippen LogP contribution in [-0.2, 0) is 9.59 Å². The van der Waals surface area contributed by atoms with E-state index in [2.05, 4.69) is 4.90 Å². The summed E-state index contributed by atoms with van der Waals surface area (Å²) in [5.74, 6) is -1.11. The van der Waals surface area contributed by atoms with E-state index in [0.717, 1.165) is 12.8 Å². The Kier molecular flexibility index (Phi) is 6.99. The molecule has 0 aromatic rings. The zero-order valence-electron chi connectivity index (χ0n) is 13.0. The minimum absolute atomic E-state index is 0.111. The first-order valence-electron chi connectivity index (χ1n) is 7.74. The number of rotatable bonds is 8. The number of hydrogen-bond acceptors (Lipinski definition) is 3. The summed E-state index contributed by atoms with van der Waals surface area (Å²) < 4.78 is 0. The SMILES string of the molecule is CCN(CC)C(=O)CN(CC(C)C(=O)O)C1CCCC1. The molecule has 1 atom stereocenters. The third-order valence-corrected chi connectivity index (χ3v) is 4.23. The van der Waals surface area contributed by atoms with Gasteiger partial charge in [-0.1, -0.05) is 19.8 Å². The third-order valence-electron chi connectivity index (χ3n) is 4.23. The van der Waals surface area contributed by atoms with Gasteiger partial charge in [0, 0.05) is 25.7 Å². The summed E-state index contributed by atoms with van der Waals surface area (Å²) in [6.45, 7) is 7.90. The van der Waals surface area contributed by atoms with Crippen molar-refractivity contribution in [3.05, 3.63) is 0 Å². The van der Waals surface area contributed by atoms with E-state index in [1.54, 1.807) is 6.92 Å². The van der Waals surface area contributed by atoms with Crippen LogP contribution < -0.4 is 0 Å². The first-order valence-corrected chi connectivity index (χ1v) is 7.74. The van der Waals surface area contributed by atoms with Crippen LogP contribution in [0.25, 0.3) is 0 Å². The van der Waals surface area contributed by atoms with E-state index in [4.69, 9.17) is 5.11 Å². The highest BCUT2D eigenvalue weighted by molar-refractivity contribution is 5.78. The topological polar surface area (TPSA) is 60.9 Å². The third kappa shape index (κ3) is 4.78. The molecule has 1 rings (SSSR count). The van der Waals surface area contributed by atoms with Crippen LogP contribution in [0.1, 0.15) is 46.5 Å². The summed E-state index contributed by atoms with van der Waals surface area (Å²) in [4.78, 5) is 27.2. The molecule has 1 N–H and O–H groups in total. The molecular weight excluding hydrogens is 256 g/mol. The van der Waals surface area contributed by atoms with Gasteiger partial charge >= 0.3 is 5.97 Å². The van der Waals surface area contributed by atoms with E-state index in [-0.39, 0.29) is 5.91 Å². The largest absolute Gasteiger partial charge is 0.481 e. The lowest BCUT2D eigenvalue weighted by Gasteiger charge is -2.31. The fourth-order valence-corrected chi connectivity index (χ4v) is 2.89. The van der Waals surface area contributed by atoms with E-state index in [0.29, 0.717) is 32.2 Å². The Morgan fingerprint density at radius 1 is 1.20 bits per heavy atom. The van der Waals surface area contributed by atoms with Crippen molar-refractivity contribution >= 4 is 11.9 Å². The summed E-state index contributed by atoms with van der Waals surface area (Å²) in [7, 11) is 0. The number of carboxylic acid groups (broad SMARTS) is 1. The molecule has 0 bridgehead atoms. The van der Waals surface area contributed by atoms with Gasteiger partial charge in [0.15, 0.2) is 0 Å². The first-order chi connectivity index (χ1) is 9.49. The molecule has 1 aliphatic rings. The number of hydrogen-bond donors (Lipinski definition) is 1. The summed E-state index contributed by atoms with van der Waals surface area (Å²) in [5, 5.41) is 9.09. The van der Waals surface area contributed by atoms with Gasteiger partial charge in [-0.2, -0.15) is 0 Å². The van der Waals surface area contributed by atoms with Crippen molar-refractivity contribution in [3.8, 4) is 0 Å². The molecule has 0 radical (unpaired) electrons. The van der Waals surface area contributed by atoms with Gasteiger partial charge in [0.25, 0.3) is 0 Å². The van der Waals surface area contributed by atoms with E-state index in [9.17, 15) is 9.59 Å². The van der Waals surface area contributed by atoms with Gasteiger partial charge < -0.3 is 10.0 Å². The maximum Gasteiger partial charge on any atom is 0.307 e. The molecule has 1 amide bonds. The Morgan fingerprint density at radius 2 is 1.75 bits per heavy atom. The van der Waals surface area contributed by atoms with Crippen LogP contribution in [-0.4, -0.2) is 59.0 Å². The van der Waals surface area contributed by atoms with Crippen molar-refractivity contribution in [1.82, 2.24) is 9.80 Å². The summed E-state index contributed by atoms with van der Waals surface area (Å²) in [5.41, 5.74) is 0. The van der Waals surface area contributed by atoms with Crippen molar-refractivity contribution in [2.75, 3.05) is 26.2 Å². The van der Waals surface area contributed by atoms with Gasteiger partial charge in [-0.05, 0) is 26.7 Å². The summed E-state index contributed by atoms with van der Waals surface area (Å²) >= 11 is 0. The Labute approximate surface area is 121 Å². The van der Waals surface area contributed by atoms with E-state index in [1.165, 1.54) is 12.8 Å². The molecule has 1 saturated carbocycles. The monoisotopic (exact) mass is 284 g/mol. The molecule has 1 unspecified atom stereocenters. The first kappa shape index (κ1) is 17.0. The lowest BCUT2D eigenvalue weighted by atomic mass is 10.1. The molecule has 0 aromatic carbocycles. The molecule has 0 spiro atoms. The number of nitrogens with zero attached hydrogens (tertiary/aromatic N) is 2. The second-order valence-corrected chi connectivity index (χ2v) is 5.67. The molecule has 0 aliphatic heterocycles. The van der Waals surface area contributed by atoms with Gasteiger partial charge in [0.2, 0.25) is 5.91 Å². The van der Waals surface area contributed by atoms with E-state index >= 15 is 0 Å². The van der Waals surface area contributed by atoms with E-state index < -0.39 is 11.9 Å². The smallest absolute Gasteiger partial charge is 0.307 e. The number of likely N-dealkylation sites (N-methyl/N-ethyl adjacent to an activating group) is 1. The van der Waals surface area contributed by atoms with Crippen LogP contribution in [0.15, 0.2) is 0 Å². The standard InChI is InChI=1S/C15H28N2O3/c1-4-16(5-2)14(18)11-17(10-12(3)15(19)20)13-8-6-7-9-13/h12-13H,4-11H2,1-3H3,(H,19,20). The van der Waals surface area contributed by atoms with Crippen molar-refractivity contribution < 1.29 is 14.7 Å². The number of carboxylic acids is 1. The van der Waals surface area contributed by atoms with Crippen LogP contribution in [0.2, 0.25) is 0 Å². The molecule has 5 heteroatoms. The fraction of sp³-hybridized carbons (Fsp3) is 0.867. The Balaban J connectivity index is 2.66. The van der Waals surface area contributed by atoms with Gasteiger partial charge in [-0.15, -0.1) is 0 Å². The van der Waals surface area contributed by atoms with E-state index in [1.807, 2.05) is 18.7 Å². The highest BCUT2D eigenvalue weighted by atomic mass is 16.4. The quantitative estimate of drug-likeness (QED) is 0.738. The fourth-order valence-electron chi connectivity index (χ4n) is 2.89. The summed E-state index contributed by atoms with van der Waals surface area (Å²) in [6, 6.07) is 0.372. The van der Waals surface area contributed by atoms with Gasteiger partial charge in [-0.3, -0.25) is 14.5 Å². The number of carbonyl (C=O) groups excluding carboxylic acids is 1. The highest BCUT2D eigenvalue weighted by Crippen LogP contribution is 2.24. The zero-order chi connectivity index (χ0) is 15.1. The molecule has 20 heavy (non-hydrogen) atoms. The minimum atomic E-state index is -0.789. The lowest BCUT2D eigenvalue weighted by Crippen LogP contribution is -2.46. The average molecular weight is 284 g/mol. The number of carbonyl (C=O) groups is 2. The van der Waals surface area contributed by atoms with Crippen LogP contribution in [0.5, 0.6) is 0 Å².